The van der Waals surface area contributed by atoms with Crippen LogP contribution in [0.2, 0.25) is 0 Å². The molecule has 3 rings (SSSR count). The Balaban J connectivity index is 1.80. The van der Waals surface area contributed by atoms with E-state index in [0.29, 0.717) is 44.2 Å². The number of nitrogens with zero attached hydrogens (tertiary/aromatic N) is 5. The van der Waals surface area contributed by atoms with Crippen LogP contribution >= 0.6 is 0 Å². The Kier molecular flexibility index (Phi) is 5.36. The van der Waals surface area contributed by atoms with Gasteiger partial charge in [-0.25, -0.2) is 0 Å². The van der Waals surface area contributed by atoms with Gasteiger partial charge in [-0.3, -0.25) is 19.0 Å². The molecule has 0 aromatic carbocycles. The maximum Gasteiger partial charge on any atom is 0.274 e. The Hall–Kier alpha value is -2.68. The number of ether oxygens (including phenoxy) is 1. The normalized spacial score (nSPS) is 15.7. The summed E-state index contributed by atoms with van der Waals surface area (Å²) in [6.45, 7) is 8.17. The highest BCUT2D eigenvalue weighted by molar-refractivity contribution is 6.03. The minimum atomic E-state index is -0.500. The molecule has 3 heterocycles. The number of carbonyl (C=O) groups excluding carboxylic acids is 2. The third-order valence-corrected chi connectivity index (χ3v) is 4.42. The lowest BCUT2D eigenvalue weighted by atomic mass is 10.2. The maximum atomic E-state index is 12.9. The third kappa shape index (κ3) is 3.62. The first kappa shape index (κ1) is 18.1. The Morgan fingerprint density at radius 1 is 1.35 bits per heavy atom. The molecule has 9 heteroatoms. The smallest absolute Gasteiger partial charge is 0.274 e. The molecule has 0 radical (unpaired) electrons. The summed E-state index contributed by atoms with van der Waals surface area (Å²) < 4.78 is 8.51. The first-order chi connectivity index (χ1) is 12.5. The van der Waals surface area contributed by atoms with Gasteiger partial charge in [-0.15, -0.1) is 0 Å². The van der Waals surface area contributed by atoms with Crippen molar-refractivity contribution in [2.75, 3.05) is 31.6 Å². The fourth-order valence-corrected chi connectivity index (χ4v) is 2.86. The Labute approximate surface area is 151 Å². The highest BCUT2D eigenvalue weighted by Gasteiger charge is 2.27. The van der Waals surface area contributed by atoms with Crippen LogP contribution in [0.25, 0.3) is 0 Å². The van der Waals surface area contributed by atoms with E-state index in [0.717, 1.165) is 5.69 Å². The number of amides is 2. The fraction of sp³-hybridized carbons (Fsp3) is 0.529. The molecule has 1 aliphatic heterocycles. The molecule has 0 aliphatic carbocycles. The van der Waals surface area contributed by atoms with Crippen LogP contribution in [-0.4, -0.2) is 62.6 Å². The van der Waals surface area contributed by atoms with E-state index in [-0.39, 0.29) is 11.8 Å². The van der Waals surface area contributed by atoms with Crippen LogP contribution in [0.5, 0.6) is 0 Å². The predicted octanol–water partition coefficient (Wildman–Crippen LogP) is 1.08. The minimum absolute atomic E-state index is 0.148. The molecule has 2 aromatic rings. The number of morpholine rings is 1. The van der Waals surface area contributed by atoms with E-state index >= 15 is 0 Å². The molecule has 1 aliphatic rings. The molecule has 1 saturated heterocycles. The van der Waals surface area contributed by atoms with Gasteiger partial charge in [0.2, 0.25) is 5.91 Å². The Morgan fingerprint density at radius 2 is 2.08 bits per heavy atom. The number of aryl methyl sites for hydroxylation is 2. The summed E-state index contributed by atoms with van der Waals surface area (Å²) >= 11 is 0. The lowest BCUT2D eigenvalue weighted by molar-refractivity contribution is -0.119. The number of rotatable bonds is 5. The SMILES string of the molecule is CCn1ncc(NC(=O)C(C)n2ccc(C)n2)c1C(=O)N1CCOCC1. The second-order valence-corrected chi connectivity index (χ2v) is 6.23. The topological polar surface area (TPSA) is 94.3 Å². The number of nitrogens with one attached hydrogen (secondary N) is 1. The highest BCUT2D eigenvalue weighted by atomic mass is 16.5. The number of anilines is 1. The molecule has 9 nitrogen and oxygen atoms in total. The van der Waals surface area contributed by atoms with Crippen LogP contribution in [0, 0.1) is 6.92 Å². The fourth-order valence-electron chi connectivity index (χ4n) is 2.86. The van der Waals surface area contributed by atoms with Gasteiger partial charge in [0.15, 0.2) is 0 Å². The first-order valence-electron chi connectivity index (χ1n) is 8.76. The van der Waals surface area contributed by atoms with Crippen LogP contribution < -0.4 is 5.32 Å². The predicted molar refractivity (Wildman–Crippen MR) is 94.9 cm³/mol. The second-order valence-electron chi connectivity index (χ2n) is 6.23. The Morgan fingerprint density at radius 3 is 2.69 bits per heavy atom. The summed E-state index contributed by atoms with van der Waals surface area (Å²) in [6, 6.07) is 1.34. The summed E-state index contributed by atoms with van der Waals surface area (Å²) in [5.74, 6) is -0.398. The Bertz CT molecular complexity index is 790. The summed E-state index contributed by atoms with van der Waals surface area (Å²) in [5.41, 5.74) is 1.65. The number of aromatic nitrogens is 4. The highest BCUT2D eigenvalue weighted by Crippen LogP contribution is 2.20. The lowest BCUT2D eigenvalue weighted by Gasteiger charge is -2.27. The van der Waals surface area contributed by atoms with E-state index in [1.807, 2.05) is 19.9 Å². The maximum absolute atomic E-state index is 12.9. The number of hydrogen-bond acceptors (Lipinski definition) is 5. The minimum Gasteiger partial charge on any atom is -0.378 e. The van der Waals surface area contributed by atoms with Gasteiger partial charge < -0.3 is 15.0 Å². The van der Waals surface area contributed by atoms with E-state index in [4.69, 9.17) is 4.74 Å². The zero-order valence-corrected chi connectivity index (χ0v) is 15.3. The van der Waals surface area contributed by atoms with Crippen molar-refractivity contribution in [2.45, 2.75) is 33.4 Å². The molecule has 26 heavy (non-hydrogen) atoms. The molecule has 2 amide bonds. The molecule has 1 atom stereocenters. The van der Waals surface area contributed by atoms with Crippen molar-refractivity contribution >= 4 is 17.5 Å². The van der Waals surface area contributed by atoms with Gasteiger partial charge in [-0.2, -0.15) is 10.2 Å². The molecule has 0 bridgehead atoms. The second kappa shape index (κ2) is 7.69. The summed E-state index contributed by atoms with van der Waals surface area (Å²) in [6.07, 6.45) is 3.28. The van der Waals surface area contributed by atoms with Gasteiger partial charge in [0.25, 0.3) is 5.91 Å². The van der Waals surface area contributed by atoms with E-state index in [9.17, 15) is 9.59 Å². The van der Waals surface area contributed by atoms with E-state index in [1.54, 1.807) is 27.4 Å². The summed E-state index contributed by atoms with van der Waals surface area (Å²) in [7, 11) is 0. The van der Waals surface area contributed by atoms with Gasteiger partial charge in [-0.1, -0.05) is 0 Å². The van der Waals surface area contributed by atoms with Crippen molar-refractivity contribution in [1.29, 1.82) is 0 Å². The molecular formula is C17H24N6O3. The number of carbonyl (C=O) groups is 2. The first-order valence-corrected chi connectivity index (χ1v) is 8.76. The molecule has 140 valence electrons. The zero-order chi connectivity index (χ0) is 18.7. The quantitative estimate of drug-likeness (QED) is 0.861. The molecule has 2 aromatic heterocycles. The van der Waals surface area contributed by atoms with Crippen LogP contribution in [0.4, 0.5) is 5.69 Å². The van der Waals surface area contributed by atoms with Gasteiger partial charge in [-0.05, 0) is 26.8 Å². The largest absolute Gasteiger partial charge is 0.378 e. The van der Waals surface area contributed by atoms with Crippen molar-refractivity contribution in [1.82, 2.24) is 24.5 Å². The van der Waals surface area contributed by atoms with Crippen LogP contribution in [-0.2, 0) is 16.1 Å². The molecule has 0 saturated carbocycles. The van der Waals surface area contributed by atoms with Crippen molar-refractivity contribution in [3.63, 3.8) is 0 Å². The van der Waals surface area contributed by atoms with Crippen molar-refractivity contribution in [3.05, 3.63) is 29.8 Å². The monoisotopic (exact) mass is 360 g/mol. The van der Waals surface area contributed by atoms with Crippen molar-refractivity contribution in [2.24, 2.45) is 0 Å². The summed E-state index contributed by atoms with van der Waals surface area (Å²) in [4.78, 5) is 27.3. The van der Waals surface area contributed by atoms with Gasteiger partial charge in [0, 0.05) is 25.8 Å². The molecule has 1 unspecified atom stereocenters. The standard InChI is InChI=1S/C17H24N6O3/c1-4-22-15(17(25)21-7-9-26-10-8-21)14(11-18-22)19-16(24)13(3)23-6-5-12(2)20-23/h5-6,11,13H,4,7-10H2,1-3H3,(H,19,24). The van der Waals surface area contributed by atoms with Crippen molar-refractivity contribution < 1.29 is 14.3 Å². The van der Waals surface area contributed by atoms with Crippen LogP contribution in [0.15, 0.2) is 18.5 Å². The average molecular weight is 360 g/mol. The number of hydrogen-bond donors (Lipinski definition) is 1. The van der Waals surface area contributed by atoms with Crippen LogP contribution in [0.3, 0.4) is 0 Å². The lowest BCUT2D eigenvalue weighted by Crippen LogP contribution is -2.42. The van der Waals surface area contributed by atoms with E-state index in [2.05, 4.69) is 15.5 Å². The van der Waals surface area contributed by atoms with Gasteiger partial charge in [0.05, 0.1) is 30.8 Å². The average Bonchev–Trinajstić information content (AvgIpc) is 3.27. The summed E-state index contributed by atoms with van der Waals surface area (Å²) in [5, 5.41) is 11.3. The zero-order valence-electron chi connectivity index (χ0n) is 15.3. The molecule has 1 N–H and O–H groups in total. The molecule has 1 fully saturated rings. The van der Waals surface area contributed by atoms with Gasteiger partial charge >= 0.3 is 0 Å². The third-order valence-electron chi connectivity index (χ3n) is 4.42. The van der Waals surface area contributed by atoms with Crippen LogP contribution in [0.1, 0.15) is 36.1 Å². The van der Waals surface area contributed by atoms with E-state index in [1.165, 1.54) is 6.20 Å². The van der Waals surface area contributed by atoms with Crippen molar-refractivity contribution in [3.8, 4) is 0 Å². The molecular weight excluding hydrogens is 336 g/mol. The van der Waals surface area contributed by atoms with E-state index < -0.39 is 6.04 Å². The molecule has 0 spiro atoms. The van der Waals surface area contributed by atoms with Gasteiger partial charge in [0.1, 0.15) is 11.7 Å².